The van der Waals surface area contributed by atoms with Crippen molar-refractivity contribution < 1.29 is 4.79 Å². The maximum absolute atomic E-state index is 12.0. The zero-order chi connectivity index (χ0) is 13.9. The molecular weight excluding hydrogens is 254 g/mol. The third-order valence-corrected chi connectivity index (χ3v) is 2.89. The number of fused-ring (bicyclic) bond motifs is 1. The second kappa shape index (κ2) is 5.00. The van der Waals surface area contributed by atoms with Crippen molar-refractivity contribution >= 4 is 28.3 Å². The largest absolute Gasteiger partial charge is 0.382 e. The van der Waals surface area contributed by atoms with Crippen LogP contribution in [0.2, 0.25) is 0 Å². The number of nitrogens with zero attached hydrogens (tertiary/aromatic N) is 3. The minimum Gasteiger partial charge on any atom is -0.382 e. The molecule has 0 aliphatic rings. The number of amides is 1. The van der Waals surface area contributed by atoms with Crippen LogP contribution in [0, 0.1) is 0 Å². The zero-order valence-corrected chi connectivity index (χ0v) is 10.7. The number of aromatic nitrogens is 3. The molecular formula is C14H13N5O. The molecule has 20 heavy (non-hydrogen) atoms. The van der Waals surface area contributed by atoms with Gasteiger partial charge in [-0.2, -0.15) is 5.10 Å². The van der Waals surface area contributed by atoms with Crippen LogP contribution in [0.1, 0.15) is 0 Å². The molecule has 0 saturated heterocycles. The lowest BCUT2D eigenvalue weighted by molar-refractivity contribution is -0.116. The van der Waals surface area contributed by atoms with E-state index < -0.39 is 0 Å². The Bertz CT molecular complexity index is 760. The number of nitrogens with two attached hydrogens (primary N) is 1. The molecule has 0 aliphatic carbocycles. The second-order valence-corrected chi connectivity index (χ2v) is 4.36. The predicted octanol–water partition coefficient (Wildman–Crippen LogP) is 1.65. The van der Waals surface area contributed by atoms with Crippen molar-refractivity contribution in [1.82, 2.24) is 14.8 Å². The Morgan fingerprint density at radius 1 is 1.25 bits per heavy atom. The monoisotopic (exact) mass is 267 g/mol. The third kappa shape index (κ3) is 2.44. The Hall–Kier alpha value is -2.89. The smallest absolute Gasteiger partial charge is 0.246 e. The molecule has 6 heteroatoms. The van der Waals surface area contributed by atoms with Crippen LogP contribution in [0.3, 0.4) is 0 Å². The van der Waals surface area contributed by atoms with Crippen molar-refractivity contribution in [3.63, 3.8) is 0 Å². The number of carbonyl (C=O) groups excluding carboxylic acids is 1. The van der Waals surface area contributed by atoms with Crippen molar-refractivity contribution in [3.8, 4) is 0 Å². The van der Waals surface area contributed by atoms with Crippen LogP contribution in [0.25, 0.3) is 10.9 Å². The molecule has 0 atom stereocenters. The van der Waals surface area contributed by atoms with Gasteiger partial charge in [-0.3, -0.25) is 14.5 Å². The van der Waals surface area contributed by atoms with Gasteiger partial charge in [0.2, 0.25) is 5.91 Å². The summed E-state index contributed by atoms with van der Waals surface area (Å²) < 4.78 is 1.49. The molecule has 0 unspecified atom stereocenters. The molecule has 2 heterocycles. The molecule has 0 aliphatic heterocycles. The highest BCUT2D eigenvalue weighted by Crippen LogP contribution is 2.21. The molecule has 0 radical (unpaired) electrons. The minimum absolute atomic E-state index is 0.119. The Labute approximate surface area is 115 Å². The van der Waals surface area contributed by atoms with E-state index in [4.69, 9.17) is 5.73 Å². The Morgan fingerprint density at radius 3 is 2.95 bits per heavy atom. The first-order chi connectivity index (χ1) is 9.72. The minimum atomic E-state index is -0.163. The van der Waals surface area contributed by atoms with Gasteiger partial charge in [-0.15, -0.1) is 0 Å². The highest BCUT2D eigenvalue weighted by atomic mass is 16.2. The van der Waals surface area contributed by atoms with Gasteiger partial charge in [-0.1, -0.05) is 6.07 Å². The highest BCUT2D eigenvalue weighted by Gasteiger charge is 2.07. The van der Waals surface area contributed by atoms with Crippen LogP contribution in [0.15, 0.2) is 48.8 Å². The summed E-state index contributed by atoms with van der Waals surface area (Å²) in [7, 11) is 0. The summed E-state index contributed by atoms with van der Waals surface area (Å²) in [6.45, 7) is 0.119. The molecule has 100 valence electrons. The number of benzene rings is 1. The van der Waals surface area contributed by atoms with Crippen LogP contribution >= 0.6 is 0 Å². The van der Waals surface area contributed by atoms with Gasteiger partial charge in [-0.05, 0) is 30.3 Å². The molecule has 0 spiro atoms. The number of hydrogen-bond acceptors (Lipinski definition) is 4. The number of pyridine rings is 1. The van der Waals surface area contributed by atoms with Gasteiger partial charge in [0, 0.05) is 17.8 Å². The van der Waals surface area contributed by atoms with E-state index in [9.17, 15) is 4.79 Å². The van der Waals surface area contributed by atoms with Crippen LogP contribution in [-0.4, -0.2) is 20.7 Å². The van der Waals surface area contributed by atoms with Gasteiger partial charge < -0.3 is 11.1 Å². The van der Waals surface area contributed by atoms with Crippen molar-refractivity contribution in [2.75, 3.05) is 11.1 Å². The fraction of sp³-hybridized carbons (Fsp3) is 0.0714. The molecule has 2 aromatic heterocycles. The van der Waals surface area contributed by atoms with Crippen LogP contribution in [0.5, 0.6) is 0 Å². The lowest BCUT2D eigenvalue weighted by Gasteiger charge is -2.08. The van der Waals surface area contributed by atoms with Crippen LogP contribution in [0.4, 0.5) is 11.5 Å². The van der Waals surface area contributed by atoms with E-state index in [1.807, 2.05) is 30.3 Å². The maximum Gasteiger partial charge on any atom is 0.246 e. The van der Waals surface area contributed by atoms with Crippen molar-refractivity contribution in [1.29, 1.82) is 0 Å². The van der Waals surface area contributed by atoms with Crippen molar-refractivity contribution in [2.45, 2.75) is 6.54 Å². The Morgan fingerprint density at radius 2 is 2.15 bits per heavy atom. The van der Waals surface area contributed by atoms with Gasteiger partial charge in [0.25, 0.3) is 0 Å². The normalized spacial score (nSPS) is 10.6. The van der Waals surface area contributed by atoms with E-state index in [0.29, 0.717) is 5.82 Å². The topological polar surface area (TPSA) is 85.8 Å². The summed E-state index contributed by atoms with van der Waals surface area (Å²) in [5.74, 6) is 0.233. The number of rotatable bonds is 3. The number of nitrogen functional groups attached to an aromatic ring is 1. The lowest BCUT2D eigenvalue weighted by Crippen LogP contribution is -2.19. The second-order valence-electron chi connectivity index (χ2n) is 4.36. The van der Waals surface area contributed by atoms with Gasteiger partial charge in [0.15, 0.2) is 0 Å². The molecule has 3 aromatic rings. The molecule has 0 saturated carbocycles. The fourth-order valence-corrected chi connectivity index (χ4v) is 2.01. The lowest BCUT2D eigenvalue weighted by atomic mass is 10.2. The molecule has 1 amide bonds. The van der Waals surface area contributed by atoms with E-state index in [-0.39, 0.29) is 12.5 Å². The fourth-order valence-electron chi connectivity index (χ4n) is 2.01. The van der Waals surface area contributed by atoms with Gasteiger partial charge in [0.05, 0.1) is 11.2 Å². The summed E-state index contributed by atoms with van der Waals surface area (Å²) in [5.41, 5.74) is 7.09. The number of anilines is 2. The van der Waals surface area contributed by atoms with E-state index in [2.05, 4.69) is 15.4 Å². The summed E-state index contributed by atoms with van der Waals surface area (Å²) in [6.07, 6.45) is 3.39. The first-order valence-electron chi connectivity index (χ1n) is 6.15. The molecule has 6 nitrogen and oxygen atoms in total. The summed E-state index contributed by atoms with van der Waals surface area (Å²) >= 11 is 0. The van der Waals surface area contributed by atoms with Crippen LogP contribution in [-0.2, 0) is 11.3 Å². The quantitative estimate of drug-likeness (QED) is 0.755. The third-order valence-electron chi connectivity index (χ3n) is 2.89. The number of hydrogen-bond donors (Lipinski definition) is 2. The summed E-state index contributed by atoms with van der Waals surface area (Å²) in [6, 6.07) is 11.0. The Balaban J connectivity index is 1.81. The van der Waals surface area contributed by atoms with E-state index >= 15 is 0 Å². The number of carbonyl (C=O) groups is 1. The van der Waals surface area contributed by atoms with E-state index in [1.54, 1.807) is 18.5 Å². The summed E-state index contributed by atoms with van der Waals surface area (Å²) in [5, 5.41) is 7.74. The molecule has 3 N–H and O–H groups in total. The molecule has 0 bridgehead atoms. The predicted molar refractivity (Wildman–Crippen MR) is 77.0 cm³/mol. The standard InChI is InChI=1S/C14H13N5O/c15-13-6-8-19(18-13)9-14(20)17-12-5-1-4-11-10(12)3-2-7-16-11/h1-8H,9H2,(H2,15,18)(H,17,20). The zero-order valence-electron chi connectivity index (χ0n) is 10.7. The van der Waals surface area contributed by atoms with Gasteiger partial charge in [0.1, 0.15) is 12.4 Å². The highest BCUT2D eigenvalue weighted by molar-refractivity contribution is 6.00. The van der Waals surface area contributed by atoms with E-state index in [1.165, 1.54) is 4.68 Å². The molecule has 3 rings (SSSR count). The van der Waals surface area contributed by atoms with Crippen molar-refractivity contribution in [3.05, 3.63) is 48.8 Å². The number of nitrogens with one attached hydrogen (secondary N) is 1. The van der Waals surface area contributed by atoms with Crippen molar-refractivity contribution in [2.24, 2.45) is 0 Å². The molecule has 0 fully saturated rings. The Kier molecular flexibility index (Phi) is 3.04. The van der Waals surface area contributed by atoms with Gasteiger partial charge in [-0.25, -0.2) is 0 Å². The average molecular weight is 267 g/mol. The summed E-state index contributed by atoms with van der Waals surface area (Å²) in [4.78, 5) is 16.3. The average Bonchev–Trinajstić information content (AvgIpc) is 2.84. The maximum atomic E-state index is 12.0. The molecule has 1 aromatic carbocycles. The van der Waals surface area contributed by atoms with E-state index in [0.717, 1.165) is 16.6 Å². The first kappa shape index (κ1) is 12.2. The SMILES string of the molecule is Nc1ccn(CC(=O)Nc2cccc3ncccc23)n1. The van der Waals surface area contributed by atoms with Gasteiger partial charge >= 0.3 is 0 Å². The van der Waals surface area contributed by atoms with Crippen LogP contribution < -0.4 is 11.1 Å². The first-order valence-corrected chi connectivity index (χ1v) is 6.15.